The number of carbonyl (C=O) groups excluding carboxylic acids is 1. The van der Waals surface area contributed by atoms with Gasteiger partial charge in [-0.15, -0.1) is 0 Å². The monoisotopic (exact) mass is 412 g/mol. The minimum Gasteiger partial charge on any atom is -0.457 e. The summed E-state index contributed by atoms with van der Waals surface area (Å²) < 4.78 is 18.2. The fourth-order valence-electron chi connectivity index (χ4n) is 6.65. The molecule has 3 fully saturated rings. The molecule has 2 saturated heterocycles. The van der Waals surface area contributed by atoms with Gasteiger partial charge in [-0.1, -0.05) is 13.8 Å². The van der Waals surface area contributed by atoms with Gasteiger partial charge in [0.25, 0.3) is 0 Å². The standard InChI is InChI=1S/C23H40O6/c1-13(2)15-8-10-21(4,25)19-16-12-22(5,26)17(27-7)9-11-23(6,29-14(3)24)20(28-16)18(15)19/h13,15-20,25-26H,8-12H2,1-7H3/t15-,16-,17+,18-,19-,20-,21-,22+,23-/m1/s1. The number of hydrogen-bond donors (Lipinski definition) is 2. The van der Waals surface area contributed by atoms with Crippen LogP contribution in [-0.2, 0) is 19.0 Å². The largest absolute Gasteiger partial charge is 0.457 e. The highest BCUT2D eigenvalue weighted by molar-refractivity contribution is 5.66. The summed E-state index contributed by atoms with van der Waals surface area (Å²) in [5.74, 6) is 0.418. The maximum Gasteiger partial charge on any atom is 0.303 e. The number of carbonyl (C=O) groups is 1. The van der Waals surface area contributed by atoms with E-state index in [-0.39, 0.29) is 30.0 Å². The SMILES string of the molecule is CO[C@H]1CC[C@@](C)(OC(C)=O)[C@@H]2O[C@H](C[C@]1(C)O)[C@@H]1[C@H]2[C@@H](C(C)C)CC[C@@]1(C)O. The van der Waals surface area contributed by atoms with Gasteiger partial charge in [0.1, 0.15) is 11.7 Å². The van der Waals surface area contributed by atoms with Gasteiger partial charge >= 0.3 is 5.97 Å². The number of fused-ring (bicyclic) bond motifs is 5. The first-order valence-electron chi connectivity index (χ1n) is 11.1. The third-order valence-electron chi connectivity index (χ3n) is 8.01. The van der Waals surface area contributed by atoms with Crippen molar-refractivity contribution in [2.45, 2.75) is 109 Å². The van der Waals surface area contributed by atoms with E-state index in [1.54, 1.807) is 14.0 Å². The zero-order chi connectivity index (χ0) is 21.8. The number of aliphatic hydroxyl groups is 2. The highest BCUT2D eigenvalue weighted by atomic mass is 16.6. The van der Waals surface area contributed by atoms with Gasteiger partial charge in [0.05, 0.1) is 23.4 Å². The molecule has 6 heteroatoms. The third kappa shape index (κ3) is 4.10. The summed E-state index contributed by atoms with van der Waals surface area (Å²) in [5.41, 5.74) is -2.81. The Morgan fingerprint density at radius 3 is 2.31 bits per heavy atom. The predicted molar refractivity (Wildman–Crippen MR) is 109 cm³/mol. The first-order valence-corrected chi connectivity index (χ1v) is 11.1. The fourth-order valence-corrected chi connectivity index (χ4v) is 6.65. The van der Waals surface area contributed by atoms with Gasteiger partial charge in [-0.2, -0.15) is 0 Å². The highest BCUT2D eigenvalue weighted by Crippen LogP contribution is 2.57. The van der Waals surface area contributed by atoms with Crippen molar-refractivity contribution in [3.8, 4) is 0 Å². The second-order valence-corrected chi connectivity index (χ2v) is 10.7. The number of methoxy groups -OCH3 is 1. The van der Waals surface area contributed by atoms with Crippen molar-refractivity contribution in [3.05, 3.63) is 0 Å². The molecule has 1 aliphatic carbocycles. The zero-order valence-electron chi connectivity index (χ0n) is 19.1. The maximum atomic E-state index is 12.0. The van der Waals surface area contributed by atoms with Crippen LogP contribution in [-0.4, -0.2) is 58.4 Å². The maximum absolute atomic E-state index is 12.0. The van der Waals surface area contributed by atoms with E-state index in [9.17, 15) is 15.0 Å². The number of ether oxygens (including phenoxy) is 3. The Labute approximate surface area is 175 Å². The smallest absolute Gasteiger partial charge is 0.303 e. The quantitative estimate of drug-likeness (QED) is 0.693. The minimum absolute atomic E-state index is 0.0722. The van der Waals surface area contributed by atoms with Crippen LogP contribution in [0.5, 0.6) is 0 Å². The molecule has 2 aliphatic heterocycles. The van der Waals surface area contributed by atoms with Crippen molar-refractivity contribution in [3.63, 3.8) is 0 Å². The Morgan fingerprint density at radius 2 is 1.76 bits per heavy atom. The van der Waals surface area contributed by atoms with Gasteiger partial charge < -0.3 is 24.4 Å². The van der Waals surface area contributed by atoms with Gasteiger partial charge in [0, 0.05) is 32.3 Å². The Bertz CT molecular complexity index is 614. The van der Waals surface area contributed by atoms with E-state index < -0.39 is 22.9 Å². The van der Waals surface area contributed by atoms with Crippen LogP contribution in [0.1, 0.15) is 73.6 Å². The molecule has 0 aromatic heterocycles. The van der Waals surface area contributed by atoms with Crippen molar-refractivity contribution in [1.82, 2.24) is 0 Å². The van der Waals surface area contributed by atoms with E-state index >= 15 is 0 Å². The zero-order valence-corrected chi connectivity index (χ0v) is 19.1. The van der Waals surface area contributed by atoms with Crippen molar-refractivity contribution in [2.75, 3.05) is 7.11 Å². The molecule has 2 bridgehead atoms. The summed E-state index contributed by atoms with van der Waals surface area (Å²) in [6.45, 7) is 11.5. The van der Waals surface area contributed by atoms with Crippen LogP contribution in [0, 0.1) is 23.7 Å². The second-order valence-electron chi connectivity index (χ2n) is 10.7. The topological polar surface area (TPSA) is 85.2 Å². The molecule has 168 valence electrons. The van der Waals surface area contributed by atoms with E-state index in [0.717, 1.165) is 6.42 Å². The summed E-state index contributed by atoms with van der Waals surface area (Å²) in [4.78, 5) is 12.0. The lowest BCUT2D eigenvalue weighted by Gasteiger charge is -2.50. The second kappa shape index (κ2) is 7.77. The molecular weight excluding hydrogens is 372 g/mol. The van der Waals surface area contributed by atoms with E-state index in [4.69, 9.17) is 14.2 Å². The average Bonchev–Trinajstić information content (AvgIpc) is 2.95. The van der Waals surface area contributed by atoms with E-state index in [2.05, 4.69) is 13.8 Å². The molecule has 29 heavy (non-hydrogen) atoms. The van der Waals surface area contributed by atoms with Crippen molar-refractivity contribution in [1.29, 1.82) is 0 Å². The Morgan fingerprint density at radius 1 is 1.10 bits per heavy atom. The minimum atomic E-state index is -1.10. The molecule has 0 spiro atoms. The summed E-state index contributed by atoms with van der Waals surface area (Å²) >= 11 is 0. The summed E-state index contributed by atoms with van der Waals surface area (Å²) in [5, 5.41) is 22.7. The predicted octanol–water partition coefficient (Wildman–Crippen LogP) is 3.07. The molecule has 0 aromatic carbocycles. The van der Waals surface area contributed by atoms with Crippen LogP contribution in [0.15, 0.2) is 0 Å². The molecule has 1 saturated carbocycles. The van der Waals surface area contributed by atoms with Gasteiger partial charge in [0.2, 0.25) is 0 Å². The number of rotatable bonds is 3. The summed E-state index contributed by atoms with van der Waals surface area (Å²) in [7, 11) is 1.60. The first kappa shape index (κ1) is 23.0. The van der Waals surface area contributed by atoms with Gasteiger partial charge in [-0.05, 0) is 58.3 Å². The molecule has 3 aliphatic rings. The molecule has 6 nitrogen and oxygen atoms in total. The molecular formula is C23H40O6. The third-order valence-corrected chi connectivity index (χ3v) is 8.01. The number of esters is 1. The van der Waals surface area contributed by atoms with E-state index in [1.807, 2.05) is 13.8 Å². The molecule has 0 unspecified atom stereocenters. The van der Waals surface area contributed by atoms with Crippen LogP contribution in [0.4, 0.5) is 0 Å². The highest BCUT2D eigenvalue weighted by Gasteiger charge is 2.64. The van der Waals surface area contributed by atoms with Gasteiger partial charge in [-0.3, -0.25) is 4.79 Å². The van der Waals surface area contributed by atoms with Gasteiger partial charge in [-0.25, -0.2) is 0 Å². The molecule has 2 N–H and O–H groups in total. The molecule has 9 atom stereocenters. The summed E-state index contributed by atoms with van der Waals surface area (Å²) in [6.07, 6.45) is 2.10. The van der Waals surface area contributed by atoms with Crippen molar-refractivity contribution >= 4 is 5.97 Å². The Hall–Kier alpha value is -0.690. The Balaban J connectivity index is 2.11. The van der Waals surface area contributed by atoms with Crippen LogP contribution < -0.4 is 0 Å². The molecule has 3 rings (SSSR count). The average molecular weight is 413 g/mol. The lowest BCUT2D eigenvalue weighted by molar-refractivity contribution is -0.180. The van der Waals surface area contributed by atoms with Crippen molar-refractivity contribution < 1.29 is 29.2 Å². The van der Waals surface area contributed by atoms with E-state index in [1.165, 1.54) is 6.92 Å². The van der Waals surface area contributed by atoms with Crippen LogP contribution in [0.2, 0.25) is 0 Å². The normalized spacial score (nSPS) is 50.4. The molecule has 0 aromatic rings. The van der Waals surface area contributed by atoms with Crippen molar-refractivity contribution in [2.24, 2.45) is 23.7 Å². The van der Waals surface area contributed by atoms with Gasteiger partial charge in [0.15, 0.2) is 0 Å². The van der Waals surface area contributed by atoms with E-state index in [0.29, 0.717) is 37.5 Å². The lowest BCUT2D eigenvalue weighted by atomic mass is 9.57. The molecule has 0 amide bonds. The molecule has 2 heterocycles. The number of hydrogen-bond acceptors (Lipinski definition) is 6. The summed E-state index contributed by atoms with van der Waals surface area (Å²) in [6, 6.07) is 0. The Kier molecular flexibility index (Phi) is 6.16. The van der Waals surface area contributed by atoms with Crippen LogP contribution in [0.25, 0.3) is 0 Å². The fraction of sp³-hybridized carbons (Fsp3) is 0.957. The van der Waals surface area contributed by atoms with Crippen LogP contribution >= 0.6 is 0 Å². The lowest BCUT2D eigenvalue weighted by Crippen LogP contribution is -2.56. The van der Waals surface area contributed by atoms with Crippen LogP contribution in [0.3, 0.4) is 0 Å². The first-order chi connectivity index (χ1) is 13.3. The molecule has 0 radical (unpaired) electrons.